The van der Waals surface area contributed by atoms with Crippen LogP contribution in [-0.4, -0.2) is 29.1 Å². The molecular weight excluding hydrogens is 360 g/mol. The molecule has 3 rings (SSSR count). The summed E-state index contributed by atoms with van der Waals surface area (Å²) in [6, 6.07) is 21.9. The zero-order chi connectivity index (χ0) is 18.4. The molecule has 1 amide bonds. The SMILES string of the molecule is CSc1ccc(CN(C)C(=O)c2cccnc2Sc2ccccc2)cc1. The summed E-state index contributed by atoms with van der Waals surface area (Å²) in [5.41, 5.74) is 1.74. The van der Waals surface area contributed by atoms with Crippen molar-refractivity contribution in [1.29, 1.82) is 0 Å². The minimum atomic E-state index is -0.0227. The fourth-order valence-electron chi connectivity index (χ4n) is 2.52. The smallest absolute Gasteiger partial charge is 0.256 e. The van der Waals surface area contributed by atoms with E-state index in [1.165, 1.54) is 16.7 Å². The lowest BCUT2D eigenvalue weighted by Gasteiger charge is -2.19. The number of pyridine rings is 1. The molecule has 0 fully saturated rings. The molecule has 5 heteroatoms. The van der Waals surface area contributed by atoms with E-state index in [1.807, 2.05) is 49.5 Å². The van der Waals surface area contributed by atoms with Gasteiger partial charge in [-0.05, 0) is 48.2 Å². The van der Waals surface area contributed by atoms with E-state index in [1.54, 1.807) is 22.9 Å². The molecule has 3 aromatic rings. The molecule has 0 aliphatic heterocycles. The van der Waals surface area contributed by atoms with Gasteiger partial charge in [0.15, 0.2) is 0 Å². The second kappa shape index (κ2) is 8.92. The van der Waals surface area contributed by atoms with Crippen LogP contribution in [-0.2, 0) is 6.54 Å². The third kappa shape index (κ3) is 4.68. The van der Waals surface area contributed by atoms with Crippen molar-refractivity contribution in [3.63, 3.8) is 0 Å². The van der Waals surface area contributed by atoms with Crippen LogP contribution in [0.25, 0.3) is 0 Å². The van der Waals surface area contributed by atoms with Crippen molar-refractivity contribution in [2.45, 2.75) is 21.4 Å². The monoisotopic (exact) mass is 380 g/mol. The third-order valence-corrected chi connectivity index (χ3v) is 5.65. The summed E-state index contributed by atoms with van der Waals surface area (Å²) in [5, 5.41) is 0.730. The standard InChI is InChI=1S/C21H20N2OS2/c1-23(15-16-10-12-17(25-2)13-11-16)21(24)19-9-6-14-22-20(19)26-18-7-4-3-5-8-18/h3-14H,15H2,1-2H3. The van der Waals surface area contributed by atoms with Crippen LogP contribution < -0.4 is 0 Å². The van der Waals surface area contributed by atoms with Crippen LogP contribution in [0.4, 0.5) is 0 Å². The summed E-state index contributed by atoms with van der Waals surface area (Å²) >= 11 is 3.22. The van der Waals surface area contributed by atoms with Gasteiger partial charge in [0.2, 0.25) is 0 Å². The van der Waals surface area contributed by atoms with Gasteiger partial charge in [-0.15, -0.1) is 11.8 Å². The summed E-state index contributed by atoms with van der Waals surface area (Å²) in [6.45, 7) is 0.567. The first-order chi connectivity index (χ1) is 12.7. The molecule has 0 saturated heterocycles. The predicted molar refractivity (Wildman–Crippen MR) is 109 cm³/mol. The first-order valence-corrected chi connectivity index (χ1v) is 10.3. The Morgan fingerprint density at radius 3 is 2.38 bits per heavy atom. The van der Waals surface area contributed by atoms with Gasteiger partial charge < -0.3 is 4.90 Å². The highest BCUT2D eigenvalue weighted by molar-refractivity contribution is 7.99. The number of benzene rings is 2. The number of carbonyl (C=O) groups excluding carboxylic acids is 1. The Balaban J connectivity index is 1.76. The minimum absolute atomic E-state index is 0.0227. The molecule has 0 radical (unpaired) electrons. The number of thioether (sulfide) groups is 1. The van der Waals surface area contributed by atoms with Gasteiger partial charge in [0.25, 0.3) is 5.91 Å². The van der Waals surface area contributed by atoms with Gasteiger partial charge in [0.1, 0.15) is 5.03 Å². The third-order valence-electron chi connectivity index (χ3n) is 3.88. The van der Waals surface area contributed by atoms with Gasteiger partial charge in [-0.2, -0.15) is 0 Å². The summed E-state index contributed by atoms with van der Waals surface area (Å²) < 4.78 is 0. The lowest BCUT2D eigenvalue weighted by Crippen LogP contribution is -2.26. The Kier molecular flexibility index (Phi) is 6.36. The summed E-state index contributed by atoms with van der Waals surface area (Å²) in [4.78, 5) is 21.4. The van der Waals surface area contributed by atoms with E-state index in [-0.39, 0.29) is 5.91 Å². The molecule has 0 aliphatic rings. The van der Waals surface area contributed by atoms with Gasteiger partial charge >= 0.3 is 0 Å². The molecule has 0 atom stereocenters. The van der Waals surface area contributed by atoms with E-state index in [2.05, 4.69) is 35.5 Å². The number of rotatable bonds is 6. The van der Waals surface area contributed by atoms with E-state index >= 15 is 0 Å². The molecule has 0 saturated carbocycles. The number of amides is 1. The normalized spacial score (nSPS) is 10.5. The number of hydrogen-bond acceptors (Lipinski definition) is 4. The fourth-order valence-corrected chi connectivity index (χ4v) is 3.82. The van der Waals surface area contributed by atoms with E-state index in [9.17, 15) is 4.79 Å². The molecule has 2 aromatic carbocycles. The van der Waals surface area contributed by atoms with Gasteiger partial charge in [0, 0.05) is 29.6 Å². The molecule has 26 heavy (non-hydrogen) atoms. The van der Waals surface area contributed by atoms with Crippen LogP contribution in [0, 0.1) is 0 Å². The quantitative estimate of drug-likeness (QED) is 0.549. The number of nitrogens with zero attached hydrogens (tertiary/aromatic N) is 2. The first kappa shape index (κ1) is 18.5. The van der Waals surface area contributed by atoms with Crippen molar-refractivity contribution >= 4 is 29.4 Å². The van der Waals surface area contributed by atoms with Crippen LogP contribution in [0.1, 0.15) is 15.9 Å². The second-order valence-corrected chi connectivity index (χ2v) is 7.72. The van der Waals surface area contributed by atoms with Crippen LogP contribution in [0.15, 0.2) is 87.7 Å². The Labute approximate surface area is 162 Å². The maximum absolute atomic E-state index is 13.0. The van der Waals surface area contributed by atoms with Crippen LogP contribution >= 0.6 is 23.5 Å². The molecular formula is C21H20N2OS2. The Hall–Kier alpha value is -2.24. The Morgan fingerprint density at radius 2 is 1.69 bits per heavy atom. The molecule has 0 bridgehead atoms. The van der Waals surface area contributed by atoms with E-state index in [0.29, 0.717) is 12.1 Å². The maximum atomic E-state index is 13.0. The lowest BCUT2D eigenvalue weighted by molar-refractivity contribution is 0.0781. The Morgan fingerprint density at radius 1 is 0.962 bits per heavy atom. The second-order valence-electron chi connectivity index (χ2n) is 5.78. The van der Waals surface area contributed by atoms with Crippen molar-refractivity contribution in [2.24, 2.45) is 0 Å². The molecule has 3 nitrogen and oxygen atoms in total. The summed E-state index contributed by atoms with van der Waals surface area (Å²) in [6.07, 6.45) is 3.78. The molecule has 0 unspecified atom stereocenters. The molecule has 0 spiro atoms. The molecule has 0 N–H and O–H groups in total. The molecule has 132 valence electrons. The van der Waals surface area contributed by atoms with Gasteiger partial charge in [-0.3, -0.25) is 4.79 Å². The van der Waals surface area contributed by atoms with Crippen LogP contribution in [0.2, 0.25) is 0 Å². The predicted octanol–water partition coefficient (Wildman–Crippen LogP) is 5.23. The summed E-state index contributed by atoms with van der Waals surface area (Å²) in [7, 11) is 1.83. The number of hydrogen-bond donors (Lipinski definition) is 0. The van der Waals surface area contributed by atoms with E-state index in [0.717, 1.165) is 15.5 Å². The average Bonchev–Trinajstić information content (AvgIpc) is 2.69. The van der Waals surface area contributed by atoms with Crippen LogP contribution in [0.3, 0.4) is 0 Å². The highest BCUT2D eigenvalue weighted by Gasteiger charge is 2.17. The van der Waals surface area contributed by atoms with Gasteiger partial charge in [-0.1, -0.05) is 42.1 Å². The lowest BCUT2D eigenvalue weighted by atomic mass is 10.2. The number of carbonyl (C=O) groups is 1. The van der Waals surface area contributed by atoms with Gasteiger partial charge in [-0.25, -0.2) is 4.98 Å². The van der Waals surface area contributed by atoms with Crippen molar-refractivity contribution < 1.29 is 4.79 Å². The zero-order valence-electron chi connectivity index (χ0n) is 14.8. The highest BCUT2D eigenvalue weighted by Crippen LogP contribution is 2.29. The van der Waals surface area contributed by atoms with Crippen LogP contribution in [0.5, 0.6) is 0 Å². The largest absolute Gasteiger partial charge is 0.337 e. The molecule has 0 aliphatic carbocycles. The van der Waals surface area contributed by atoms with Crippen molar-refractivity contribution in [2.75, 3.05) is 13.3 Å². The Bertz CT molecular complexity index is 867. The first-order valence-electron chi connectivity index (χ1n) is 8.23. The van der Waals surface area contributed by atoms with Crippen molar-refractivity contribution in [3.8, 4) is 0 Å². The van der Waals surface area contributed by atoms with Crippen molar-refractivity contribution in [1.82, 2.24) is 9.88 Å². The van der Waals surface area contributed by atoms with E-state index < -0.39 is 0 Å². The maximum Gasteiger partial charge on any atom is 0.256 e. The fraction of sp³-hybridized carbons (Fsp3) is 0.143. The summed E-state index contributed by atoms with van der Waals surface area (Å²) in [5.74, 6) is -0.0227. The molecule has 1 aromatic heterocycles. The average molecular weight is 381 g/mol. The molecule has 1 heterocycles. The highest BCUT2D eigenvalue weighted by atomic mass is 32.2. The zero-order valence-corrected chi connectivity index (χ0v) is 16.4. The van der Waals surface area contributed by atoms with Gasteiger partial charge in [0.05, 0.1) is 5.56 Å². The minimum Gasteiger partial charge on any atom is -0.337 e. The van der Waals surface area contributed by atoms with E-state index in [4.69, 9.17) is 0 Å². The van der Waals surface area contributed by atoms with Crippen molar-refractivity contribution in [3.05, 3.63) is 84.1 Å². The number of aromatic nitrogens is 1. The topological polar surface area (TPSA) is 33.2 Å².